The third-order valence-corrected chi connectivity index (χ3v) is 5.14. The van der Waals surface area contributed by atoms with Crippen LogP contribution in [0.1, 0.15) is 32.0 Å². The topological polar surface area (TPSA) is 79.7 Å². The second-order valence-corrected chi connectivity index (χ2v) is 7.49. The average molecular weight is 426 g/mol. The normalized spacial score (nSPS) is 18.7. The summed E-state index contributed by atoms with van der Waals surface area (Å²) in [5, 5.41) is 0.223. The number of hydrogen-bond donors (Lipinski definition) is 0. The minimum absolute atomic E-state index is 0.188. The number of nitrogens with zero attached hydrogens (tertiary/aromatic N) is 2. The summed E-state index contributed by atoms with van der Waals surface area (Å²) >= 11 is 0. The van der Waals surface area contributed by atoms with Crippen molar-refractivity contribution in [1.82, 2.24) is 9.55 Å². The van der Waals surface area contributed by atoms with Gasteiger partial charge in [-0.2, -0.15) is 0 Å². The second kappa shape index (κ2) is 8.85. The minimum atomic E-state index is -0.481. The molecule has 0 spiro atoms. The Morgan fingerprint density at radius 2 is 2.00 bits per heavy atom. The van der Waals surface area contributed by atoms with Crippen LogP contribution in [0.25, 0.3) is 16.6 Å². The molecule has 0 amide bonds. The van der Waals surface area contributed by atoms with Crippen LogP contribution < -0.4 is 10.3 Å². The van der Waals surface area contributed by atoms with E-state index >= 15 is 0 Å². The van der Waals surface area contributed by atoms with Gasteiger partial charge in [0.05, 0.1) is 22.7 Å². The van der Waals surface area contributed by atoms with Crippen molar-refractivity contribution < 1.29 is 23.4 Å². The van der Waals surface area contributed by atoms with E-state index in [-0.39, 0.29) is 29.6 Å². The average Bonchev–Trinajstić information content (AvgIpc) is 2.74. The van der Waals surface area contributed by atoms with Crippen LogP contribution in [0.5, 0.6) is 5.75 Å². The number of aryl methyl sites for hydroxylation is 1. The highest BCUT2D eigenvalue weighted by Gasteiger charge is 2.24. The van der Waals surface area contributed by atoms with Crippen molar-refractivity contribution in [3.05, 3.63) is 64.5 Å². The molecule has 1 aliphatic heterocycles. The fourth-order valence-corrected chi connectivity index (χ4v) is 3.68. The summed E-state index contributed by atoms with van der Waals surface area (Å²) < 4.78 is 31.8. The molecule has 1 aromatic heterocycles. The third-order valence-electron chi connectivity index (χ3n) is 5.14. The molecule has 0 aliphatic carbocycles. The van der Waals surface area contributed by atoms with Crippen molar-refractivity contribution in [2.24, 2.45) is 0 Å². The predicted molar refractivity (Wildman–Crippen MR) is 112 cm³/mol. The van der Waals surface area contributed by atoms with E-state index in [2.05, 4.69) is 4.98 Å². The van der Waals surface area contributed by atoms with Gasteiger partial charge in [-0.25, -0.2) is 9.37 Å². The van der Waals surface area contributed by atoms with Gasteiger partial charge in [0.25, 0.3) is 5.56 Å². The van der Waals surface area contributed by atoms with E-state index in [0.29, 0.717) is 22.8 Å². The fraction of sp³-hybridized carbons (Fsp3) is 0.348. The standard InChI is InChI=1S/C23H23FN2O5/c1-14-25-21-11-6-16(24)12-20(21)23(28)26(14)17-7-9-18(10-8-17)30-22-5-3-4-19(31-22)13-29-15(2)27/h6-12,19,22H,3-5,13H2,1-2H3/t19-,22+/m0/s1. The number of ether oxygens (including phenoxy) is 3. The highest BCUT2D eigenvalue weighted by Crippen LogP contribution is 2.24. The number of hydrogen-bond acceptors (Lipinski definition) is 6. The zero-order valence-electron chi connectivity index (χ0n) is 17.3. The lowest BCUT2D eigenvalue weighted by atomic mass is 10.1. The van der Waals surface area contributed by atoms with Crippen molar-refractivity contribution in [3.63, 3.8) is 0 Å². The number of carbonyl (C=O) groups excluding carboxylic acids is 1. The van der Waals surface area contributed by atoms with E-state index in [4.69, 9.17) is 14.2 Å². The van der Waals surface area contributed by atoms with Crippen LogP contribution in [0, 0.1) is 12.7 Å². The Balaban J connectivity index is 1.51. The first kappa shape index (κ1) is 21.0. The van der Waals surface area contributed by atoms with Crippen molar-refractivity contribution >= 4 is 16.9 Å². The Labute approximate surface area is 178 Å². The van der Waals surface area contributed by atoms with Crippen LogP contribution in [0.15, 0.2) is 47.3 Å². The van der Waals surface area contributed by atoms with Crippen LogP contribution >= 0.6 is 0 Å². The molecule has 2 heterocycles. The van der Waals surface area contributed by atoms with Gasteiger partial charge in [0.2, 0.25) is 0 Å². The van der Waals surface area contributed by atoms with Crippen LogP contribution in [0.4, 0.5) is 4.39 Å². The molecule has 0 bridgehead atoms. The Morgan fingerprint density at radius 3 is 2.74 bits per heavy atom. The summed E-state index contributed by atoms with van der Waals surface area (Å²) in [6.07, 6.45) is 1.82. The lowest BCUT2D eigenvalue weighted by Crippen LogP contribution is -2.34. The Hall–Kier alpha value is -3.26. The number of fused-ring (bicyclic) bond motifs is 1. The zero-order valence-corrected chi connectivity index (χ0v) is 17.3. The summed E-state index contributed by atoms with van der Waals surface area (Å²) in [5.74, 6) is 0.276. The van der Waals surface area contributed by atoms with Gasteiger partial charge in [0.15, 0.2) is 6.29 Å². The Morgan fingerprint density at radius 1 is 1.23 bits per heavy atom. The van der Waals surface area contributed by atoms with Crippen LogP contribution in [-0.4, -0.2) is 34.5 Å². The van der Waals surface area contributed by atoms with Crippen LogP contribution in [0.3, 0.4) is 0 Å². The third kappa shape index (κ3) is 4.74. The molecule has 0 unspecified atom stereocenters. The largest absolute Gasteiger partial charge is 0.465 e. The Kier molecular flexibility index (Phi) is 5.99. The second-order valence-electron chi connectivity index (χ2n) is 7.49. The monoisotopic (exact) mass is 426 g/mol. The van der Waals surface area contributed by atoms with E-state index in [1.165, 1.54) is 29.7 Å². The quantitative estimate of drug-likeness (QED) is 0.579. The maximum atomic E-state index is 13.6. The smallest absolute Gasteiger partial charge is 0.302 e. The number of benzene rings is 2. The van der Waals surface area contributed by atoms with E-state index < -0.39 is 12.1 Å². The van der Waals surface area contributed by atoms with Gasteiger partial charge in [-0.05, 0) is 62.2 Å². The van der Waals surface area contributed by atoms with Gasteiger partial charge in [0, 0.05) is 13.3 Å². The van der Waals surface area contributed by atoms with Crippen molar-refractivity contribution in [1.29, 1.82) is 0 Å². The first-order valence-corrected chi connectivity index (χ1v) is 10.2. The fourth-order valence-electron chi connectivity index (χ4n) is 3.68. The van der Waals surface area contributed by atoms with Crippen LogP contribution in [0.2, 0.25) is 0 Å². The van der Waals surface area contributed by atoms with E-state index in [9.17, 15) is 14.0 Å². The molecule has 162 valence electrons. The molecular weight excluding hydrogens is 403 g/mol. The first-order valence-electron chi connectivity index (χ1n) is 10.2. The molecule has 1 saturated heterocycles. The number of carbonyl (C=O) groups is 1. The maximum absolute atomic E-state index is 13.6. The minimum Gasteiger partial charge on any atom is -0.465 e. The van der Waals surface area contributed by atoms with E-state index in [0.717, 1.165) is 19.3 Å². The molecule has 1 aliphatic rings. The molecule has 4 rings (SSSR count). The molecule has 8 heteroatoms. The summed E-state index contributed by atoms with van der Waals surface area (Å²) in [7, 11) is 0. The van der Waals surface area contributed by atoms with Gasteiger partial charge in [-0.15, -0.1) is 0 Å². The first-order chi connectivity index (χ1) is 14.9. The van der Waals surface area contributed by atoms with Crippen molar-refractivity contribution in [2.75, 3.05) is 6.61 Å². The van der Waals surface area contributed by atoms with Crippen molar-refractivity contribution in [2.45, 2.75) is 45.5 Å². The van der Waals surface area contributed by atoms with Gasteiger partial charge < -0.3 is 14.2 Å². The number of halogens is 1. The molecule has 2 atom stereocenters. The SMILES string of the molecule is CC(=O)OC[C@@H]1CCC[C@H](Oc2ccc(-n3c(C)nc4ccc(F)cc4c3=O)cc2)O1. The molecule has 2 aromatic carbocycles. The molecular formula is C23H23FN2O5. The number of rotatable bonds is 5. The molecule has 31 heavy (non-hydrogen) atoms. The molecule has 0 N–H and O–H groups in total. The lowest BCUT2D eigenvalue weighted by Gasteiger charge is -2.29. The summed E-state index contributed by atoms with van der Waals surface area (Å²) in [6, 6.07) is 11.0. The highest BCUT2D eigenvalue weighted by molar-refractivity contribution is 5.78. The predicted octanol–water partition coefficient (Wildman–Crippen LogP) is 3.67. The van der Waals surface area contributed by atoms with E-state index in [1.54, 1.807) is 31.2 Å². The zero-order chi connectivity index (χ0) is 22.0. The van der Waals surface area contributed by atoms with Gasteiger partial charge >= 0.3 is 5.97 Å². The molecule has 3 aromatic rings. The summed E-state index contributed by atoms with van der Waals surface area (Å²) in [5.41, 5.74) is 0.725. The molecule has 7 nitrogen and oxygen atoms in total. The summed E-state index contributed by atoms with van der Waals surface area (Å²) in [4.78, 5) is 28.3. The maximum Gasteiger partial charge on any atom is 0.302 e. The Bertz CT molecular complexity index is 1160. The molecule has 0 radical (unpaired) electrons. The van der Waals surface area contributed by atoms with Crippen molar-refractivity contribution in [3.8, 4) is 11.4 Å². The molecule has 1 fully saturated rings. The summed E-state index contributed by atoms with van der Waals surface area (Å²) in [6.45, 7) is 3.31. The lowest BCUT2D eigenvalue weighted by molar-refractivity contribution is -0.172. The molecule has 0 saturated carbocycles. The van der Waals surface area contributed by atoms with Crippen LogP contribution in [-0.2, 0) is 14.3 Å². The van der Waals surface area contributed by atoms with Gasteiger partial charge in [-0.3, -0.25) is 14.2 Å². The van der Waals surface area contributed by atoms with E-state index in [1.807, 2.05) is 0 Å². The highest BCUT2D eigenvalue weighted by atomic mass is 19.1. The van der Waals surface area contributed by atoms with Gasteiger partial charge in [0.1, 0.15) is 24.0 Å². The number of esters is 1. The van der Waals surface area contributed by atoms with Gasteiger partial charge in [-0.1, -0.05) is 0 Å². The number of aromatic nitrogens is 2.